The molecule has 1 aliphatic heterocycles. The van der Waals surface area contributed by atoms with Crippen LogP contribution in [0.1, 0.15) is 29.8 Å². The van der Waals surface area contributed by atoms with Gasteiger partial charge >= 0.3 is 5.97 Å². The molecule has 3 rings (SSSR count). The van der Waals surface area contributed by atoms with Crippen molar-refractivity contribution in [3.05, 3.63) is 23.5 Å². The van der Waals surface area contributed by atoms with Gasteiger partial charge in [-0.2, -0.15) is 4.98 Å². The Labute approximate surface area is 144 Å². The van der Waals surface area contributed by atoms with Gasteiger partial charge in [0.2, 0.25) is 11.7 Å². The first-order valence-electron chi connectivity index (χ1n) is 7.74. The van der Waals surface area contributed by atoms with Crippen LogP contribution in [0.25, 0.3) is 0 Å². The van der Waals surface area contributed by atoms with Crippen molar-refractivity contribution in [2.45, 2.75) is 24.8 Å². The van der Waals surface area contributed by atoms with Crippen LogP contribution in [0, 0.1) is 0 Å². The number of ether oxygens (including phenoxy) is 3. The Bertz CT molecular complexity index is 804. The minimum absolute atomic E-state index is 0.0705. The molecule has 2 atom stereocenters. The number of carbonyl (C=O) groups is 1. The number of carboxylic acid groups (broad SMARTS) is 1. The van der Waals surface area contributed by atoms with E-state index in [1.165, 1.54) is 26.0 Å². The summed E-state index contributed by atoms with van der Waals surface area (Å²) in [4.78, 5) is 16.1. The van der Waals surface area contributed by atoms with Gasteiger partial charge in [0.25, 0.3) is 0 Å². The highest BCUT2D eigenvalue weighted by Gasteiger charge is 2.39. The lowest BCUT2D eigenvalue weighted by Gasteiger charge is -2.31. The third kappa shape index (κ3) is 2.71. The summed E-state index contributed by atoms with van der Waals surface area (Å²) in [6.07, 6.45) is 1.14. The molecular formula is C16H20N4O5. The number of hydrogen-bond donors (Lipinski definition) is 2. The third-order valence-corrected chi connectivity index (χ3v) is 4.43. The van der Waals surface area contributed by atoms with Crippen LogP contribution in [0.2, 0.25) is 0 Å². The average molecular weight is 348 g/mol. The molecule has 0 bridgehead atoms. The van der Waals surface area contributed by atoms with Gasteiger partial charge in [-0.05, 0) is 12.5 Å². The molecule has 1 aliphatic rings. The predicted octanol–water partition coefficient (Wildman–Crippen LogP) is 1.24. The Kier molecular flexibility index (Phi) is 4.39. The second-order valence-electron chi connectivity index (χ2n) is 5.68. The Morgan fingerprint density at radius 1 is 1.24 bits per heavy atom. The zero-order chi connectivity index (χ0) is 18.1. The SMILES string of the molecule is COc1ccc(C2CCc3nc(N)nn3C2C(=O)O)c(OC)c1OC. The monoisotopic (exact) mass is 348 g/mol. The van der Waals surface area contributed by atoms with Crippen LogP contribution in [0.5, 0.6) is 17.2 Å². The lowest BCUT2D eigenvalue weighted by Crippen LogP contribution is -2.32. The van der Waals surface area contributed by atoms with E-state index < -0.39 is 12.0 Å². The minimum atomic E-state index is -1.01. The first-order chi connectivity index (χ1) is 12.0. The average Bonchev–Trinajstić information content (AvgIpc) is 2.98. The fraction of sp³-hybridized carbons (Fsp3) is 0.438. The molecule has 0 aliphatic carbocycles. The fourth-order valence-electron chi connectivity index (χ4n) is 3.40. The molecule has 1 aromatic carbocycles. The van der Waals surface area contributed by atoms with E-state index in [0.29, 0.717) is 41.5 Å². The molecule has 0 fully saturated rings. The Morgan fingerprint density at radius 2 is 1.96 bits per heavy atom. The number of carboxylic acids is 1. The Morgan fingerprint density at radius 3 is 2.56 bits per heavy atom. The summed E-state index contributed by atoms with van der Waals surface area (Å²) in [5, 5.41) is 13.9. The number of fused-ring (bicyclic) bond motifs is 1. The van der Waals surface area contributed by atoms with Crippen LogP contribution < -0.4 is 19.9 Å². The summed E-state index contributed by atoms with van der Waals surface area (Å²) >= 11 is 0. The number of nitrogens with zero attached hydrogens (tertiary/aromatic N) is 3. The van der Waals surface area contributed by atoms with Crippen molar-refractivity contribution in [1.29, 1.82) is 0 Å². The number of benzene rings is 1. The topological polar surface area (TPSA) is 122 Å². The zero-order valence-corrected chi connectivity index (χ0v) is 14.2. The van der Waals surface area contributed by atoms with E-state index in [2.05, 4.69) is 10.1 Å². The number of aryl methyl sites for hydroxylation is 1. The summed E-state index contributed by atoms with van der Waals surface area (Å²) in [6.45, 7) is 0. The van der Waals surface area contributed by atoms with Gasteiger partial charge in [0.1, 0.15) is 5.82 Å². The lowest BCUT2D eigenvalue weighted by atomic mass is 9.84. The maximum atomic E-state index is 12.0. The van der Waals surface area contributed by atoms with Crippen LogP contribution in [-0.4, -0.2) is 47.2 Å². The van der Waals surface area contributed by atoms with Gasteiger partial charge in [0, 0.05) is 17.9 Å². The highest BCUT2D eigenvalue weighted by Crippen LogP contribution is 2.47. The molecule has 2 aromatic rings. The Hall–Kier alpha value is -2.97. The minimum Gasteiger partial charge on any atom is -0.493 e. The molecule has 3 N–H and O–H groups in total. The predicted molar refractivity (Wildman–Crippen MR) is 88.3 cm³/mol. The first kappa shape index (κ1) is 16.9. The molecule has 0 saturated heterocycles. The van der Waals surface area contributed by atoms with Crippen molar-refractivity contribution < 1.29 is 24.1 Å². The number of hydrogen-bond acceptors (Lipinski definition) is 7. The van der Waals surface area contributed by atoms with E-state index in [-0.39, 0.29) is 11.9 Å². The van der Waals surface area contributed by atoms with E-state index in [4.69, 9.17) is 19.9 Å². The van der Waals surface area contributed by atoms with Crippen LogP contribution in [0.15, 0.2) is 12.1 Å². The smallest absolute Gasteiger partial charge is 0.329 e. The molecule has 0 spiro atoms. The summed E-state index contributed by atoms with van der Waals surface area (Å²) in [7, 11) is 4.55. The number of aliphatic carboxylic acids is 1. The molecule has 2 unspecified atom stereocenters. The van der Waals surface area contributed by atoms with E-state index in [9.17, 15) is 9.90 Å². The number of nitrogens with two attached hydrogens (primary N) is 1. The normalized spacial score (nSPS) is 19.2. The molecule has 134 valence electrons. The highest BCUT2D eigenvalue weighted by molar-refractivity contribution is 5.74. The van der Waals surface area contributed by atoms with E-state index in [1.54, 1.807) is 12.1 Å². The van der Waals surface area contributed by atoms with Gasteiger partial charge in [0.15, 0.2) is 17.5 Å². The Balaban J connectivity index is 2.14. The number of aromatic nitrogens is 3. The maximum absolute atomic E-state index is 12.0. The number of nitrogen functional groups attached to an aromatic ring is 1. The van der Waals surface area contributed by atoms with Crippen LogP contribution >= 0.6 is 0 Å². The second kappa shape index (κ2) is 6.50. The molecule has 25 heavy (non-hydrogen) atoms. The molecular weight excluding hydrogens is 328 g/mol. The summed E-state index contributed by atoms with van der Waals surface area (Å²) < 4.78 is 17.6. The maximum Gasteiger partial charge on any atom is 0.329 e. The van der Waals surface area contributed by atoms with Gasteiger partial charge in [-0.25, -0.2) is 9.48 Å². The fourth-order valence-corrected chi connectivity index (χ4v) is 3.40. The molecule has 0 amide bonds. The van der Waals surface area contributed by atoms with Crippen molar-refractivity contribution >= 4 is 11.9 Å². The molecule has 0 saturated carbocycles. The number of anilines is 1. The molecule has 1 aromatic heterocycles. The van der Waals surface area contributed by atoms with Crippen molar-refractivity contribution in [2.75, 3.05) is 27.1 Å². The van der Waals surface area contributed by atoms with Crippen LogP contribution in [0.4, 0.5) is 5.95 Å². The summed E-state index contributed by atoms with van der Waals surface area (Å²) in [5.41, 5.74) is 6.36. The largest absolute Gasteiger partial charge is 0.493 e. The van der Waals surface area contributed by atoms with Gasteiger partial charge < -0.3 is 25.1 Å². The third-order valence-electron chi connectivity index (χ3n) is 4.43. The summed E-state index contributed by atoms with van der Waals surface area (Å²) in [6, 6.07) is 2.60. The molecule has 2 heterocycles. The van der Waals surface area contributed by atoms with E-state index >= 15 is 0 Å². The van der Waals surface area contributed by atoms with Crippen molar-refractivity contribution in [1.82, 2.24) is 14.8 Å². The summed E-state index contributed by atoms with van der Waals surface area (Å²) in [5.74, 6) is 0.650. The van der Waals surface area contributed by atoms with Crippen molar-refractivity contribution in [3.8, 4) is 17.2 Å². The van der Waals surface area contributed by atoms with E-state index in [1.807, 2.05) is 0 Å². The van der Waals surface area contributed by atoms with Crippen molar-refractivity contribution in [3.63, 3.8) is 0 Å². The highest BCUT2D eigenvalue weighted by atomic mass is 16.5. The van der Waals surface area contributed by atoms with Crippen molar-refractivity contribution in [2.24, 2.45) is 0 Å². The number of rotatable bonds is 5. The van der Waals surface area contributed by atoms with Gasteiger partial charge in [-0.3, -0.25) is 0 Å². The van der Waals surface area contributed by atoms with Gasteiger partial charge in [-0.1, -0.05) is 6.07 Å². The second-order valence-corrected chi connectivity index (χ2v) is 5.68. The number of methoxy groups -OCH3 is 3. The molecule has 9 heteroatoms. The van der Waals surface area contributed by atoms with Crippen LogP contribution in [-0.2, 0) is 11.2 Å². The first-order valence-corrected chi connectivity index (χ1v) is 7.74. The van der Waals surface area contributed by atoms with Gasteiger partial charge in [-0.15, -0.1) is 5.10 Å². The zero-order valence-electron chi connectivity index (χ0n) is 14.2. The van der Waals surface area contributed by atoms with E-state index in [0.717, 1.165) is 0 Å². The lowest BCUT2D eigenvalue weighted by molar-refractivity contribution is -0.142. The van der Waals surface area contributed by atoms with Crippen LogP contribution in [0.3, 0.4) is 0 Å². The van der Waals surface area contributed by atoms with Gasteiger partial charge in [0.05, 0.1) is 21.3 Å². The quantitative estimate of drug-likeness (QED) is 0.828. The standard InChI is InChI=1S/C16H20N4O5/c1-23-10-6-4-9(13(24-2)14(10)25-3)8-5-7-11-18-16(17)19-20(11)12(8)15(21)22/h4,6,8,12H,5,7H2,1-3H3,(H2,17,19)(H,21,22). The molecule has 0 radical (unpaired) electrons. The molecule has 9 nitrogen and oxygen atoms in total.